The molecule has 1 rings (SSSR count). The Labute approximate surface area is 123 Å². The highest BCUT2D eigenvalue weighted by atomic mass is 16.5. The van der Waals surface area contributed by atoms with Crippen LogP contribution in [0.5, 0.6) is 0 Å². The molecule has 0 amide bonds. The molecule has 3 heteroatoms. The second-order valence-corrected chi connectivity index (χ2v) is 5.96. The summed E-state index contributed by atoms with van der Waals surface area (Å²) in [6, 6.07) is 0. The van der Waals surface area contributed by atoms with Gasteiger partial charge in [0.15, 0.2) is 0 Å². The van der Waals surface area contributed by atoms with Crippen molar-refractivity contribution in [3.63, 3.8) is 0 Å². The molecule has 3 unspecified atom stereocenters. The molecule has 0 heterocycles. The lowest BCUT2D eigenvalue weighted by molar-refractivity contribution is -0.145. The van der Waals surface area contributed by atoms with Crippen LogP contribution in [-0.4, -0.2) is 18.4 Å². The van der Waals surface area contributed by atoms with Gasteiger partial charge < -0.3 is 4.74 Å². The molecule has 116 valence electrons. The Hall–Kier alpha value is -0.860. The smallest absolute Gasteiger partial charge is 0.306 e. The van der Waals surface area contributed by atoms with Crippen molar-refractivity contribution in [2.75, 3.05) is 6.61 Å². The minimum Gasteiger partial charge on any atom is -0.466 e. The molecule has 1 aliphatic carbocycles. The van der Waals surface area contributed by atoms with Crippen LogP contribution in [0.4, 0.5) is 0 Å². The third-order valence-corrected chi connectivity index (χ3v) is 4.66. The van der Waals surface area contributed by atoms with Gasteiger partial charge in [-0.1, -0.05) is 46.5 Å². The molecule has 0 aromatic rings. The van der Waals surface area contributed by atoms with Crippen molar-refractivity contribution in [3.8, 4) is 0 Å². The van der Waals surface area contributed by atoms with Crippen molar-refractivity contribution in [1.29, 1.82) is 0 Å². The second kappa shape index (κ2) is 9.15. The van der Waals surface area contributed by atoms with Crippen LogP contribution in [0.3, 0.4) is 0 Å². The maximum atomic E-state index is 12.4. The number of hydrogen-bond acceptors (Lipinski definition) is 3. The highest BCUT2D eigenvalue weighted by Crippen LogP contribution is 2.39. The van der Waals surface area contributed by atoms with Crippen LogP contribution >= 0.6 is 0 Å². The van der Waals surface area contributed by atoms with E-state index in [-0.39, 0.29) is 24.1 Å². The van der Waals surface area contributed by atoms with Gasteiger partial charge in [-0.25, -0.2) is 0 Å². The van der Waals surface area contributed by atoms with Crippen molar-refractivity contribution < 1.29 is 14.3 Å². The Kier molecular flexibility index (Phi) is 7.86. The molecule has 3 atom stereocenters. The summed E-state index contributed by atoms with van der Waals surface area (Å²) < 4.78 is 5.03. The van der Waals surface area contributed by atoms with Gasteiger partial charge in [-0.05, 0) is 24.7 Å². The van der Waals surface area contributed by atoms with Crippen molar-refractivity contribution in [2.24, 2.45) is 17.8 Å². The third kappa shape index (κ3) is 4.92. The normalized spacial score (nSPS) is 26.2. The van der Waals surface area contributed by atoms with Gasteiger partial charge in [0, 0.05) is 12.3 Å². The molecule has 0 aromatic carbocycles. The number of hydrogen-bond donors (Lipinski definition) is 0. The van der Waals surface area contributed by atoms with E-state index in [1.807, 2.05) is 6.92 Å². The maximum Gasteiger partial charge on any atom is 0.306 e. The van der Waals surface area contributed by atoms with Gasteiger partial charge in [0.05, 0.1) is 13.0 Å². The molecule has 0 aromatic heterocycles. The van der Waals surface area contributed by atoms with Crippen LogP contribution < -0.4 is 0 Å². The number of rotatable bonds is 8. The summed E-state index contributed by atoms with van der Waals surface area (Å²) >= 11 is 0. The molecule has 1 fully saturated rings. The molecular weight excluding hydrogens is 252 g/mol. The highest BCUT2D eigenvalue weighted by molar-refractivity contribution is 5.85. The SMILES string of the molecule is CCCOC(=O)CCC(=O)C1CCCC(CC)C1CC. The van der Waals surface area contributed by atoms with Crippen LogP contribution in [0.25, 0.3) is 0 Å². The Balaban J connectivity index is 2.46. The lowest BCUT2D eigenvalue weighted by Gasteiger charge is -2.36. The van der Waals surface area contributed by atoms with E-state index in [0.717, 1.165) is 25.7 Å². The number of carbonyl (C=O) groups excluding carboxylic acids is 2. The van der Waals surface area contributed by atoms with Crippen LogP contribution in [0.2, 0.25) is 0 Å². The molecule has 0 spiro atoms. The Morgan fingerprint density at radius 2 is 1.80 bits per heavy atom. The van der Waals surface area contributed by atoms with E-state index >= 15 is 0 Å². The number of ether oxygens (including phenoxy) is 1. The quantitative estimate of drug-likeness (QED) is 0.628. The predicted octanol–water partition coefficient (Wildman–Crippen LogP) is 4.14. The summed E-state index contributed by atoms with van der Waals surface area (Å²) in [6.07, 6.45) is 7.12. The molecule has 0 N–H and O–H groups in total. The first kappa shape index (κ1) is 17.2. The van der Waals surface area contributed by atoms with E-state index in [9.17, 15) is 9.59 Å². The zero-order chi connectivity index (χ0) is 15.0. The van der Waals surface area contributed by atoms with Gasteiger partial charge in [-0.3, -0.25) is 9.59 Å². The topological polar surface area (TPSA) is 43.4 Å². The summed E-state index contributed by atoms with van der Waals surface area (Å²) in [4.78, 5) is 23.9. The lowest BCUT2D eigenvalue weighted by Crippen LogP contribution is -2.33. The maximum absolute atomic E-state index is 12.4. The molecule has 20 heavy (non-hydrogen) atoms. The summed E-state index contributed by atoms with van der Waals surface area (Å²) in [6.45, 7) is 6.85. The van der Waals surface area contributed by atoms with Gasteiger partial charge in [0.1, 0.15) is 5.78 Å². The fourth-order valence-corrected chi connectivity index (χ4v) is 3.58. The molecule has 0 aliphatic heterocycles. The van der Waals surface area contributed by atoms with Crippen LogP contribution in [0.1, 0.15) is 72.1 Å². The Morgan fingerprint density at radius 3 is 2.40 bits per heavy atom. The first-order valence-corrected chi connectivity index (χ1v) is 8.32. The molecule has 0 radical (unpaired) electrons. The molecule has 1 saturated carbocycles. The number of ketones is 1. The standard InChI is InChI=1S/C17H30O3/c1-4-12-20-17(19)11-10-16(18)15-9-7-8-13(5-2)14(15)6-3/h13-15H,4-12H2,1-3H3. The molecule has 1 aliphatic rings. The number of esters is 1. The van der Waals surface area contributed by atoms with E-state index < -0.39 is 0 Å². The van der Waals surface area contributed by atoms with Gasteiger partial charge >= 0.3 is 5.97 Å². The Morgan fingerprint density at radius 1 is 1.05 bits per heavy atom. The minimum atomic E-state index is -0.226. The minimum absolute atomic E-state index is 0.178. The van der Waals surface area contributed by atoms with Crippen molar-refractivity contribution in [3.05, 3.63) is 0 Å². The number of Topliss-reactive ketones (excluding diaryl/α,β-unsaturated/α-hetero) is 1. The molecule has 0 bridgehead atoms. The third-order valence-electron chi connectivity index (χ3n) is 4.66. The first-order chi connectivity index (χ1) is 9.63. The van der Waals surface area contributed by atoms with Crippen molar-refractivity contribution in [1.82, 2.24) is 0 Å². The van der Waals surface area contributed by atoms with E-state index in [4.69, 9.17) is 4.74 Å². The summed E-state index contributed by atoms with van der Waals surface area (Å²) in [5, 5.41) is 0. The van der Waals surface area contributed by atoms with E-state index in [1.54, 1.807) is 0 Å². The summed E-state index contributed by atoms with van der Waals surface area (Å²) in [5.41, 5.74) is 0. The molecule has 3 nitrogen and oxygen atoms in total. The zero-order valence-corrected chi connectivity index (χ0v) is 13.3. The fraction of sp³-hybridized carbons (Fsp3) is 0.882. The van der Waals surface area contributed by atoms with Gasteiger partial charge in [0.2, 0.25) is 0 Å². The zero-order valence-electron chi connectivity index (χ0n) is 13.3. The average molecular weight is 282 g/mol. The highest BCUT2D eigenvalue weighted by Gasteiger charge is 2.34. The largest absolute Gasteiger partial charge is 0.466 e. The fourth-order valence-electron chi connectivity index (χ4n) is 3.58. The van der Waals surface area contributed by atoms with Crippen LogP contribution in [-0.2, 0) is 14.3 Å². The second-order valence-electron chi connectivity index (χ2n) is 5.96. The Bertz CT molecular complexity index is 311. The summed E-state index contributed by atoms with van der Waals surface area (Å²) in [7, 11) is 0. The predicted molar refractivity (Wildman–Crippen MR) is 80.4 cm³/mol. The summed E-state index contributed by atoms with van der Waals surface area (Å²) in [5.74, 6) is 1.44. The molecular formula is C17H30O3. The van der Waals surface area contributed by atoms with Gasteiger partial charge in [0.25, 0.3) is 0 Å². The van der Waals surface area contributed by atoms with Crippen molar-refractivity contribution in [2.45, 2.75) is 72.1 Å². The first-order valence-electron chi connectivity index (χ1n) is 8.32. The number of carbonyl (C=O) groups is 2. The monoisotopic (exact) mass is 282 g/mol. The van der Waals surface area contributed by atoms with E-state index in [1.165, 1.54) is 12.8 Å². The van der Waals surface area contributed by atoms with Crippen molar-refractivity contribution >= 4 is 11.8 Å². The van der Waals surface area contributed by atoms with Gasteiger partial charge in [-0.15, -0.1) is 0 Å². The van der Waals surface area contributed by atoms with Gasteiger partial charge in [-0.2, -0.15) is 0 Å². The van der Waals surface area contributed by atoms with E-state index in [2.05, 4.69) is 13.8 Å². The van der Waals surface area contributed by atoms with Crippen LogP contribution in [0.15, 0.2) is 0 Å². The lowest BCUT2D eigenvalue weighted by atomic mass is 9.68. The van der Waals surface area contributed by atoms with E-state index in [0.29, 0.717) is 24.9 Å². The van der Waals surface area contributed by atoms with Crippen LogP contribution in [0, 0.1) is 17.8 Å². The average Bonchev–Trinajstić information content (AvgIpc) is 2.49. The molecule has 0 saturated heterocycles.